The second-order valence-electron chi connectivity index (χ2n) is 4.06. The van der Waals surface area contributed by atoms with E-state index in [0.29, 0.717) is 17.6 Å². The highest BCUT2D eigenvalue weighted by Crippen LogP contribution is 2.14. The molecule has 0 spiro atoms. The molecule has 0 amide bonds. The molecule has 0 bridgehead atoms. The predicted molar refractivity (Wildman–Crippen MR) is 70.6 cm³/mol. The van der Waals surface area contributed by atoms with E-state index in [1.165, 1.54) is 12.8 Å². The fourth-order valence-corrected chi connectivity index (χ4v) is 1.89. The summed E-state index contributed by atoms with van der Waals surface area (Å²) in [6, 6.07) is 2.01. The summed E-state index contributed by atoms with van der Waals surface area (Å²) in [6.45, 7) is 4.67. The Balaban J connectivity index is 2.63. The summed E-state index contributed by atoms with van der Waals surface area (Å²) in [4.78, 5) is 8.33. The highest BCUT2D eigenvalue weighted by atomic mass is 35.5. The number of aryl methyl sites for hydroxylation is 1. The quantitative estimate of drug-likeness (QED) is 0.763. The third kappa shape index (κ3) is 5.33. The van der Waals surface area contributed by atoms with E-state index in [1.54, 1.807) is 13.2 Å². The molecule has 17 heavy (non-hydrogen) atoms. The topological polar surface area (TPSA) is 47.0 Å². The summed E-state index contributed by atoms with van der Waals surface area (Å²) in [7, 11) is 1.71. The SMILES string of the molecule is CCCCC(COC)Nc1cc(Cl)nc(C)n1. The Morgan fingerprint density at radius 3 is 2.82 bits per heavy atom. The number of halogens is 1. The summed E-state index contributed by atoms with van der Waals surface area (Å²) in [5, 5.41) is 3.80. The average molecular weight is 258 g/mol. The van der Waals surface area contributed by atoms with Crippen LogP contribution in [0, 0.1) is 6.92 Å². The van der Waals surface area contributed by atoms with Crippen LogP contribution < -0.4 is 5.32 Å². The second-order valence-corrected chi connectivity index (χ2v) is 4.45. The zero-order valence-corrected chi connectivity index (χ0v) is 11.4. The van der Waals surface area contributed by atoms with Crippen LogP contribution in [0.25, 0.3) is 0 Å². The fourth-order valence-electron chi connectivity index (χ4n) is 1.66. The van der Waals surface area contributed by atoms with Gasteiger partial charge in [0, 0.05) is 13.2 Å². The highest BCUT2D eigenvalue weighted by Gasteiger charge is 2.09. The van der Waals surface area contributed by atoms with E-state index in [-0.39, 0.29) is 6.04 Å². The maximum absolute atomic E-state index is 5.89. The van der Waals surface area contributed by atoms with Gasteiger partial charge in [0.2, 0.25) is 0 Å². The van der Waals surface area contributed by atoms with Crippen LogP contribution in [-0.4, -0.2) is 29.7 Å². The van der Waals surface area contributed by atoms with Gasteiger partial charge in [0.15, 0.2) is 0 Å². The number of rotatable bonds is 7. The van der Waals surface area contributed by atoms with Gasteiger partial charge in [0.05, 0.1) is 12.6 Å². The van der Waals surface area contributed by atoms with Gasteiger partial charge in [0.25, 0.3) is 0 Å². The van der Waals surface area contributed by atoms with Crippen LogP contribution >= 0.6 is 11.6 Å². The minimum atomic E-state index is 0.269. The summed E-state index contributed by atoms with van der Waals surface area (Å²) in [5.74, 6) is 1.44. The molecule has 0 saturated heterocycles. The van der Waals surface area contributed by atoms with Crippen molar-refractivity contribution in [2.75, 3.05) is 19.0 Å². The van der Waals surface area contributed by atoms with Crippen molar-refractivity contribution < 1.29 is 4.74 Å². The number of ether oxygens (including phenoxy) is 1. The molecule has 1 aromatic heterocycles. The van der Waals surface area contributed by atoms with Gasteiger partial charge in [-0.2, -0.15) is 0 Å². The van der Waals surface area contributed by atoms with Gasteiger partial charge < -0.3 is 10.1 Å². The van der Waals surface area contributed by atoms with E-state index < -0.39 is 0 Å². The molecule has 96 valence electrons. The van der Waals surface area contributed by atoms with E-state index in [2.05, 4.69) is 22.2 Å². The maximum atomic E-state index is 5.89. The van der Waals surface area contributed by atoms with E-state index in [9.17, 15) is 0 Å². The summed E-state index contributed by atoms with van der Waals surface area (Å²) in [5.41, 5.74) is 0. The van der Waals surface area contributed by atoms with Crippen molar-refractivity contribution in [2.45, 2.75) is 39.2 Å². The van der Waals surface area contributed by atoms with Gasteiger partial charge in [-0.05, 0) is 13.3 Å². The predicted octanol–water partition coefficient (Wildman–Crippen LogP) is 3.06. The molecule has 1 unspecified atom stereocenters. The summed E-state index contributed by atoms with van der Waals surface area (Å²) >= 11 is 5.89. The van der Waals surface area contributed by atoms with Crippen molar-refractivity contribution in [1.29, 1.82) is 0 Å². The van der Waals surface area contributed by atoms with Crippen LogP contribution in [0.4, 0.5) is 5.82 Å². The lowest BCUT2D eigenvalue weighted by Crippen LogP contribution is -2.25. The molecule has 0 fully saturated rings. The maximum Gasteiger partial charge on any atom is 0.134 e. The van der Waals surface area contributed by atoms with Crippen LogP contribution in [0.5, 0.6) is 0 Å². The molecule has 0 aliphatic rings. The van der Waals surface area contributed by atoms with Crippen molar-refractivity contribution in [2.24, 2.45) is 0 Å². The lowest BCUT2D eigenvalue weighted by atomic mass is 10.1. The van der Waals surface area contributed by atoms with Gasteiger partial charge in [-0.15, -0.1) is 0 Å². The molecule has 0 radical (unpaired) electrons. The summed E-state index contributed by atoms with van der Waals surface area (Å²) < 4.78 is 5.19. The van der Waals surface area contributed by atoms with Crippen molar-refractivity contribution in [3.63, 3.8) is 0 Å². The van der Waals surface area contributed by atoms with Gasteiger partial charge >= 0.3 is 0 Å². The van der Waals surface area contributed by atoms with Crippen LogP contribution in [0.1, 0.15) is 32.0 Å². The molecule has 4 nitrogen and oxygen atoms in total. The molecule has 0 aromatic carbocycles. The average Bonchev–Trinajstić information content (AvgIpc) is 2.24. The third-order valence-electron chi connectivity index (χ3n) is 2.43. The lowest BCUT2D eigenvalue weighted by Gasteiger charge is -2.18. The standard InChI is InChI=1S/C12H20ClN3O/c1-4-5-6-10(8-17-3)16-12-7-11(13)14-9(2)15-12/h7,10H,4-6,8H2,1-3H3,(H,14,15,16). The van der Waals surface area contributed by atoms with Crippen LogP contribution in [0.15, 0.2) is 6.07 Å². The summed E-state index contributed by atoms with van der Waals surface area (Å²) in [6.07, 6.45) is 3.40. The molecular weight excluding hydrogens is 238 g/mol. The van der Waals surface area contributed by atoms with Gasteiger partial charge in [-0.25, -0.2) is 9.97 Å². The largest absolute Gasteiger partial charge is 0.383 e. The number of hydrogen-bond donors (Lipinski definition) is 1. The molecule has 1 aromatic rings. The van der Waals surface area contributed by atoms with Crippen LogP contribution in [-0.2, 0) is 4.74 Å². The molecular formula is C12H20ClN3O. The molecule has 1 rings (SSSR count). The Bertz CT molecular complexity index is 326. The van der Waals surface area contributed by atoms with Crippen molar-refractivity contribution >= 4 is 17.4 Å². The monoisotopic (exact) mass is 257 g/mol. The number of anilines is 1. The minimum Gasteiger partial charge on any atom is -0.383 e. The van der Waals surface area contributed by atoms with Gasteiger partial charge in [-0.3, -0.25) is 0 Å². The zero-order valence-electron chi connectivity index (χ0n) is 10.7. The lowest BCUT2D eigenvalue weighted by molar-refractivity contribution is 0.182. The fraction of sp³-hybridized carbons (Fsp3) is 0.667. The van der Waals surface area contributed by atoms with E-state index in [0.717, 1.165) is 12.2 Å². The number of hydrogen-bond acceptors (Lipinski definition) is 4. The van der Waals surface area contributed by atoms with Crippen LogP contribution in [0.3, 0.4) is 0 Å². The van der Waals surface area contributed by atoms with E-state index in [4.69, 9.17) is 16.3 Å². The molecule has 1 atom stereocenters. The van der Waals surface area contributed by atoms with Gasteiger partial charge in [-0.1, -0.05) is 31.4 Å². The Kier molecular flexibility index (Phi) is 6.22. The normalized spacial score (nSPS) is 12.5. The second kappa shape index (κ2) is 7.45. The molecule has 0 aliphatic heterocycles. The Morgan fingerprint density at radius 2 is 2.24 bits per heavy atom. The number of nitrogens with one attached hydrogen (secondary N) is 1. The molecule has 1 heterocycles. The smallest absolute Gasteiger partial charge is 0.134 e. The minimum absolute atomic E-state index is 0.269. The zero-order chi connectivity index (χ0) is 12.7. The molecule has 0 saturated carbocycles. The first-order valence-corrected chi connectivity index (χ1v) is 6.30. The number of aromatic nitrogens is 2. The molecule has 1 N–H and O–H groups in total. The van der Waals surface area contributed by atoms with Crippen LogP contribution in [0.2, 0.25) is 5.15 Å². The molecule has 0 aliphatic carbocycles. The first kappa shape index (κ1) is 14.2. The highest BCUT2D eigenvalue weighted by molar-refractivity contribution is 6.29. The number of nitrogens with zero attached hydrogens (tertiary/aromatic N) is 2. The number of methoxy groups -OCH3 is 1. The van der Waals surface area contributed by atoms with Crippen molar-refractivity contribution in [3.8, 4) is 0 Å². The van der Waals surface area contributed by atoms with E-state index >= 15 is 0 Å². The van der Waals surface area contributed by atoms with Crippen molar-refractivity contribution in [1.82, 2.24) is 9.97 Å². The van der Waals surface area contributed by atoms with Crippen molar-refractivity contribution in [3.05, 3.63) is 17.0 Å². The third-order valence-corrected chi connectivity index (χ3v) is 2.63. The molecule has 5 heteroatoms. The first-order chi connectivity index (χ1) is 8.15. The van der Waals surface area contributed by atoms with E-state index in [1.807, 2.05) is 6.92 Å². The van der Waals surface area contributed by atoms with Gasteiger partial charge in [0.1, 0.15) is 16.8 Å². The first-order valence-electron chi connectivity index (χ1n) is 5.92. The Morgan fingerprint density at radius 1 is 1.47 bits per heavy atom. The Hall–Kier alpha value is -0.870. The Labute approximate surface area is 108 Å². The number of unbranched alkanes of at least 4 members (excludes halogenated alkanes) is 1.